The molecule has 1 aromatic carbocycles. The third-order valence-electron chi connectivity index (χ3n) is 3.25. The molecule has 0 bridgehead atoms. The molecular formula is C14H20ClNO3S. The van der Waals surface area contributed by atoms with Gasteiger partial charge in [-0.15, -0.1) is 0 Å². The van der Waals surface area contributed by atoms with Crippen LogP contribution in [0.25, 0.3) is 0 Å². The van der Waals surface area contributed by atoms with Gasteiger partial charge >= 0.3 is 0 Å². The first kappa shape index (κ1) is 15.8. The van der Waals surface area contributed by atoms with Gasteiger partial charge in [-0.05, 0) is 30.9 Å². The minimum Gasteiger partial charge on any atom is -0.380 e. The number of sulfone groups is 1. The lowest BCUT2D eigenvalue weighted by Crippen LogP contribution is -2.21. The van der Waals surface area contributed by atoms with Crippen LogP contribution in [0.15, 0.2) is 23.1 Å². The highest BCUT2D eigenvalue weighted by Gasteiger charge is 2.20. The maximum absolute atomic E-state index is 11.7. The fourth-order valence-corrected chi connectivity index (χ4v) is 3.20. The number of ether oxygens (including phenoxy) is 1. The second-order valence-electron chi connectivity index (χ2n) is 5.18. The molecule has 1 aliphatic rings. The average Bonchev–Trinajstić information content (AvgIpc) is 3.17. The Balaban J connectivity index is 1.84. The highest BCUT2D eigenvalue weighted by Crippen LogP contribution is 2.28. The molecule has 0 spiro atoms. The Morgan fingerprint density at radius 2 is 2.15 bits per heavy atom. The van der Waals surface area contributed by atoms with Crippen LogP contribution in [-0.4, -0.2) is 34.4 Å². The van der Waals surface area contributed by atoms with Crippen molar-refractivity contribution in [3.05, 3.63) is 28.8 Å². The topological polar surface area (TPSA) is 55.4 Å². The molecule has 6 heteroatoms. The van der Waals surface area contributed by atoms with E-state index in [1.807, 2.05) is 0 Å². The molecule has 0 aromatic heterocycles. The number of halogens is 1. The van der Waals surface area contributed by atoms with E-state index in [2.05, 4.69) is 5.32 Å². The van der Waals surface area contributed by atoms with Crippen molar-refractivity contribution in [2.45, 2.75) is 24.3 Å². The third-order valence-corrected chi connectivity index (χ3v) is 4.79. The number of hydrogen-bond acceptors (Lipinski definition) is 4. The molecule has 1 N–H and O–H groups in total. The van der Waals surface area contributed by atoms with Gasteiger partial charge in [0.15, 0.2) is 9.84 Å². The second kappa shape index (κ2) is 6.89. The maximum Gasteiger partial charge on any atom is 0.175 e. The second-order valence-corrected chi connectivity index (χ2v) is 7.58. The summed E-state index contributed by atoms with van der Waals surface area (Å²) in [6.45, 7) is 2.58. The molecule has 20 heavy (non-hydrogen) atoms. The SMILES string of the molecule is CS(=O)(=O)c1cccc(Cl)c1CNCCOCC1CC1. The van der Waals surface area contributed by atoms with Crippen molar-refractivity contribution < 1.29 is 13.2 Å². The predicted octanol–water partition coefficient (Wildman–Crippen LogP) is 2.26. The summed E-state index contributed by atoms with van der Waals surface area (Å²) < 4.78 is 28.9. The Kier molecular flexibility index (Phi) is 5.43. The van der Waals surface area contributed by atoms with Gasteiger partial charge < -0.3 is 10.1 Å². The molecule has 0 saturated heterocycles. The molecule has 0 unspecified atom stereocenters. The monoisotopic (exact) mass is 317 g/mol. The van der Waals surface area contributed by atoms with Gasteiger partial charge in [-0.2, -0.15) is 0 Å². The summed E-state index contributed by atoms with van der Waals surface area (Å²) in [4.78, 5) is 0.288. The molecule has 1 fully saturated rings. The van der Waals surface area contributed by atoms with Crippen LogP contribution in [0.2, 0.25) is 5.02 Å². The first-order valence-electron chi connectivity index (χ1n) is 6.74. The van der Waals surface area contributed by atoms with Gasteiger partial charge in [0.2, 0.25) is 0 Å². The fourth-order valence-electron chi connectivity index (χ4n) is 1.95. The summed E-state index contributed by atoms with van der Waals surface area (Å²) in [5.41, 5.74) is 0.624. The van der Waals surface area contributed by atoms with Gasteiger partial charge in [0.05, 0.1) is 11.5 Å². The minimum atomic E-state index is -3.26. The molecule has 0 atom stereocenters. The van der Waals surface area contributed by atoms with E-state index in [-0.39, 0.29) is 4.90 Å². The van der Waals surface area contributed by atoms with Gasteiger partial charge in [-0.3, -0.25) is 0 Å². The normalized spacial score (nSPS) is 15.5. The molecule has 0 radical (unpaired) electrons. The van der Waals surface area contributed by atoms with Gasteiger partial charge in [0, 0.05) is 36.5 Å². The van der Waals surface area contributed by atoms with Crippen LogP contribution in [0.3, 0.4) is 0 Å². The molecule has 1 aromatic rings. The standard InChI is InChI=1S/C14H20ClNO3S/c1-20(17,18)14-4-2-3-13(15)12(14)9-16-7-8-19-10-11-5-6-11/h2-4,11,16H,5-10H2,1H3. The predicted molar refractivity (Wildman–Crippen MR) is 79.8 cm³/mol. The highest BCUT2D eigenvalue weighted by molar-refractivity contribution is 7.90. The summed E-state index contributed by atoms with van der Waals surface area (Å²) in [6.07, 6.45) is 3.76. The Morgan fingerprint density at radius 3 is 2.80 bits per heavy atom. The molecule has 2 rings (SSSR count). The summed E-state index contributed by atoms with van der Waals surface area (Å²) in [7, 11) is -3.26. The summed E-state index contributed by atoms with van der Waals surface area (Å²) >= 11 is 6.09. The maximum atomic E-state index is 11.7. The number of nitrogens with one attached hydrogen (secondary N) is 1. The third kappa shape index (κ3) is 4.74. The summed E-state index contributed by atoms with van der Waals surface area (Å²) in [5, 5.41) is 3.65. The van der Waals surface area contributed by atoms with Crippen molar-refractivity contribution in [3.63, 3.8) is 0 Å². The number of hydrogen-bond donors (Lipinski definition) is 1. The van der Waals surface area contributed by atoms with Crippen LogP contribution in [0.1, 0.15) is 18.4 Å². The Morgan fingerprint density at radius 1 is 1.40 bits per heavy atom. The van der Waals surface area contributed by atoms with Crippen LogP contribution in [0, 0.1) is 5.92 Å². The number of rotatable bonds is 8. The summed E-state index contributed by atoms with van der Waals surface area (Å²) in [6, 6.07) is 4.94. The van der Waals surface area contributed by atoms with E-state index < -0.39 is 9.84 Å². The van der Waals surface area contributed by atoms with Crippen LogP contribution in [0.5, 0.6) is 0 Å². The quantitative estimate of drug-likeness (QED) is 0.747. The number of benzene rings is 1. The van der Waals surface area contributed by atoms with E-state index in [4.69, 9.17) is 16.3 Å². The molecule has 1 aliphatic carbocycles. The first-order valence-corrected chi connectivity index (χ1v) is 9.01. The molecule has 4 nitrogen and oxygen atoms in total. The highest BCUT2D eigenvalue weighted by atomic mass is 35.5. The zero-order valence-corrected chi connectivity index (χ0v) is 13.1. The van der Waals surface area contributed by atoms with E-state index in [0.29, 0.717) is 30.3 Å². The van der Waals surface area contributed by atoms with Gasteiger partial charge in [-0.25, -0.2) is 8.42 Å². The van der Waals surface area contributed by atoms with E-state index in [1.54, 1.807) is 18.2 Å². The van der Waals surface area contributed by atoms with E-state index in [9.17, 15) is 8.42 Å². The first-order chi connectivity index (χ1) is 9.48. The largest absolute Gasteiger partial charge is 0.380 e. The van der Waals surface area contributed by atoms with Crippen molar-refractivity contribution in [2.24, 2.45) is 5.92 Å². The zero-order valence-electron chi connectivity index (χ0n) is 11.6. The van der Waals surface area contributed by atoms with Crippen molar-refractivity contribution in [1.29, 1.82) is 0 Å². The smallest absolute Gasteiger partial charge is 0.175 e. The van der Waals surface area contributed by atoms with Crippen LogP contribution < -0.4 is 5.32 Å². The molecule has 1 saturated carbocycles. The molecular weight excluding hydrogens is 298 g/mol. The van der Waals surface area contributed by atoms with Crippen molar-refractivity contribution >= 4 is 21.4 Å². The van der Waals surface area contributed by atoms with E-state index in [1.165, 1.54) is 19.1 Å². The fraction of sp³-hybridized carbons (Fsp3) is 0.571. The minimum absolute atomic E-state index is 0.288. The van der Waals surface area contributed by atoms with Gasteiger partial charge in [0.1, 0.15) is 0 Å². The molecule has 0 aliphatic heterocycles. The molecule has 112 valence electrons. The lowest BCUT2D eigenvalue weighted by atomic mass is 10.2. The van der Waals surface area contributed by atoms with E-state index >= 15 is 0 Å². The van der Waals surface area contributed by atoms with Crippen molar-refractivity contribution in [3.8, 4) is 0 Å². The van der Waals surface area contributed by atoms with Crippen molar-refractivity contribution in [2.75, 3.05) is 26.0 Å². The average molecular weight is 318 g/mol. The van der Waals surface area contributed by atoms with Gasteiger partial charge in [0.25, 0.3) is 0 Å². The lowest BCUT2D eigenvalue weighted by molar-refractivity contribution is 0.126. The van der Waals surface area contributed by atoms with Gasteiger partial charge in [-0.1, -0.05) is 17.7 Å². The van der Waals surface area contributed by atoms with Crippen molar-refractivity contribution in [1.82, 2.24) is 5.32 Å². The molecule has 0 heterocycles. The lowest BCUT2D eigenvalue weighted by Gasteiger charge is -2.11. The molecule has 0 amide bonds. The van der Waals surface area contributed by atoms with Crippen LogP contribution in [-0.2, 0) is 21.1 Å². The Hall–Kier alpha value is -0.620. The Bertz CT molecular complexity index is 556. The van der Waals surface area contributed by atoms with E-state index in [0.717, 1.165) is 12.5 Å². The van der Waals surface area contributed by atoms with Crippen LogP contribution >= 0.6 is 11.6 Å². The summed E-state index contributed by atoms with van der Waals surface area (Å²) in [5.74, 6) is 0.760. The zero-order chi connectivity index (χ0) is 14.6. The van der Waals surface area contributed by atoms with Crippen LogP contribution in [0.4, 0.5) is 0 Å². The Labute approximate surface area is 125 Å².